The lowest BCUT2D eigenvalue weighted by molar-refractivity contribution is 0.0942. The monoisotopic (exact) mass is 546 g/mol. The summed E-state index contributed by atoms with van der Waals surface area (Å²) < 4.78 is 0.155. The number of halogens is 5. The van der Waals surface area contributed by atoms with Gasteiger partial charge in [0.2, 0.25) is 3.79 Å². The Labute approximate surface area is 171 Å². The summed E-state index contributed by atoms with van der Waals surface area (Å²) in [5.74, 6) is -0.329. The number of carbonyl (C=O) groups excluding carboxylic acids is 1. The molecule has 0 spiro atoms. The van der Waals surface area contributed by atoms with Gasteiger partial charge in [-0.1, -0.05) is 56.8 Å². The Hall–Kier alpha value is -0.210. The van der Waals surface area contributed by atoms with E-state index in [1.165, 1.54) is 0 Å². The molecule has 0 saturated heterocycles. The fourth-order valence-electron chi connectivity index (χ4n) is 1.76. The molecule has 1 amide bonds. The Kier molecular flexibility index (Phi) is 6.86. The Morgan fingerprint density at radius 1 is 1.13 bits per heavy atom. The van der Waals surface area contributed by atoms with Crippen LogP contribution in [0.15, 0.2) is 53.0 Å². The van der Waals surface area contributed by atoms with Gasteiger partial charge in [-0.05, 0) is 65.1 Å². The molecular formula is C15H11BrCl3IN2O. The second-order valence-electron chi connectivity index (χ2n) is 4.61. The topological polar surface area (TPSA) is 41.1 Å². The zero-order valence-corrected chi connectivity index (χ0v) is 17.5. The molecule has 0 aliphatic rings. The molecule has 0 aromatic heterocycles. The van der Waals surface area contributed by atoms with Crippen LogP contribution in [0.2, 0.25) is 0 Å². The average Bonchev–Trinajstić information content (AvgIpc) is 2.47. The first-order valence-electron chi connectivity index (χ1n) is 6.41. The first-order chi connectivity index (χ1) is 10.8. The Morgan fingerprint density at radius 3 is 2.35 bits per heavy atom. The number of alkyl halides is 3. The number of hydrogen-bond donors (Lipinski definition) is 2. The van der Waals surface area contributed by atoms with Gasteiger partial charge in [-0.15, -0.1) is 0 Å². The summed E-state index contributed by atoms with van der Waals surface area (Å²) in [7, 11) is 0. The summed E-state index contributed by atoms with van der Waals surface area (Å²) in [4.78, 5) is 12.4. The minimum absolute atomic E-state index is 0.329. The molecule has 0 heterocycles. The SMILES string of the molecule is O=C(N[C@H](Nc1ccc(Br)cc1)C(Cl)(Cl)Cl)c1cccc(I)c1. The molecule has 2 aromatic carbocycles. The fourth-order valence-corrected chi connectivity index (χ4v) is 2.89. The zero-order valence-electron chi connectivity index (χ0n) is 11.5. The van der Waals surface area contributed by atoms with Gasteiger partial charge in [0.25, 0.3) is 5.91 Å². The maximum absolute atomic E-state index is 12.4. The van der Waals surface area contributed by atoms with Crippen LogP contribution in [0.5, 0.6) is 0 Å². The van der Waals surface area contributed by atoms with Crippen molar-refractivity contribution in [2.75, 3.05) is 5.32 Å². The van der Waals surface area contributed by atoms with E-state index in [0.717, 1.165) is 8.04 Å². The predicted molar refractivity (Wildman–Crippen MR) is 108 cm³/mol. The van der Waals surface area contributed by atoms with Gasteiger partial charge in [0.05, 0.1) is 0 Å². The van der Waals surface area contributed by atoms with Gasteiger partial charge in [0.15, 0.2) is 0 Å². The smallest absolute Gasteiger partial charge is 0.253 e. The fraction of sp³-hybridized carbons (Fsp3) is 0.133. The van der Waals surface area contributed by atoms with Gasteiger partial charge >= 0.3 is 0 Å². The quantitative estimate of drug-likeness (QED) is 0.297. The van der Waals surface area contributed by atoms with Crippen molar-refractivity contribution in [1.82, 2.24) is 5.32 Å². The highest BCUT2D eigenvalue weighted by atomic mass is 127. The van der Waals surface area contributed by atoms with Crippen LogP contribution in [0, 0.1) is 3.57 Å². The summed E-state index contributed by atoms with van der Waals surface area (Å²) in [6.07, 6.45) is -0.890. The average molecular weight is 548 g/mol. The molecule has 23 heavy (non-hydrogen) atoms. The lowest BCUT2D eigenvalue weighted by atomic mass is 10.2. The number of hydrogen-bond acceptors (Lipinski definition) is 2. The molecular weight excluding hydrogens is 537 g/mol. The standard InChI is InChI=1S/C15H11BrCl3IN2O/c16-10-4-6-12(7-5-10)21-14(15(17,18)19)22-13(23)9-2-1-3-11(20)8-9/h1-8,14,21H,(H,22,23)/t14-/m0/s1. The van der Waals surface area contributed by atoms with Gasteiger partial charge in [0.1, 0.15) is 6.17 Å². The van der Waals surface area contributed by atoms with Crippen LogP contribution in [-0.4, -0.2) is 15.9 Å². The Balaban J connectivity index is 2.16. The van der Waals surface area contributed by atoms with Crippen LogP contribution >= 0.6 is 73.3 Å². The first-order valence-corrected chi connectivity index (χ1v) is 9.41. The summed E-state index contributed by atoms with van der Waals surface area (Å²) in [6, 6.07) is 14.5. The summed E-state index contributed by atoms with van der Waals surface area (Å²) in [5, 5.41) is 5.71. The number of nitrogens with one attached hydrogen (secondary N) is 2. The largest absolute Gasteiger partial charge is 0.362 e. The molecule has 1 atom stereocenters. The van der Waals surface area contributed by atoms with Crippen LogP contribution in [-0.2, 0) is 0 Å². The third-order valence-corrected chi connectivity index (χ3v) is 4.70. The number of carbonyl (C=O) groups is 1. The van der Waals surface area contributed by atoms with E-state index in [4.69, 9.17) is 34.8 Å². The molecule has 0 aliphatic heterocycles. The molecule has 2 rings (SSSR count). The normalized spacial score (nSPS) is 12.6. The molecule has 0 saturated carbocycles. The number of amides is 1. The van der Waals surface area contributed by atoms with Gasteiger partial charge in [0, 0.05) is 19.3 Å². The second kappa shape index (κ2) is 8.25. The predicted octanol–water partition coefficient (Wildman–Crippen LogP) is 5.59. The van der Waals surface area contributed by atoms with Crippen molar-refractivity contribution in [3.63, 3.8) is 0 Å². The van der Waals surface area contributed by atoms with E-state index in [0.29, 0.717) is 11.3 Å². The van der Waals surface area contributed by atoms with Crippen molar-refractivity contribution in [2.45, 2.75) is 9.96 Å². The minimum Gasteiger partial charge on any atom is -0.362 e. The van der Waals surface area contributed by atoms with E-state index in [1.54, 1.807) is 18.2 Å². The summed E-state index contributed by atoms with van der Waals surface area (Å²) in [5.41, 5.74) is 1.21. The highest BCUT2D eigenvalue weighted by Crippen LogP contribution is 2.31. The molecule has 8 heteroatoms. The Morgan fingerprint density at radius 2 is 1.78 bits per heavy atom. The maximum Gasteiger partial charge on any atom is 0.253 e. The molecule has 0 radical (unpaired) electrons. The van der Waals surface area contributed by atoms with Crippen molar-refractivity contribution in [1.29, 1.82) is 0 Å². The van der Waals surface area contributed by atoms with Crippen molar-refractivity contribution < 1.29 is 4.79 Å². The number of anilines is 1. The van der Waals surface area contributed by atoms with E-state index < -0.39 is 9.96 Å². The molecule has 122 valence electrons. The highest BCUT2D eigenvalue weighted by molar-refractivity contribution is 14.1. The van der Waals surface area contributed by atoms with Crippen molar-refractivity contribution >= 4 is 84.9 Å². The molecule has 0 fully saturated rings. The van der Waals surface area contributed by atoms with Gasteiger partial charge < -0.3 is 10.6 Å². The third kappa shape index (κ3) is 5.98. The number of benzene rings is 2. The highest BCUT2D eigenvalue weighted by Gasteiger charge is 2.34. The van der Waals surface area contributed by atoms with Gasteiger partial charge in [-0.3, -0.25) is 4.79 Å². The van der Waals surface area contributed by atoms with Crippen molar-refractivity contribution in [2.24, 2.45) is 0 Å². The molecule has 2 aromatic rings. The summed E-state index contributed by atoms with van der Waals surface area (Å²) >= 11 is 23.4. The zero-order chi connectivity index (χ0) is 17.0. The van der Waals surface area contributed by atoms with Crippen LogP contribution in [0.1, 0.15) is 10.4 Å². The third-order valence-electron chi connectivity index (χ3n) is 2.84. The minimum atomic E-state index is -1.72. The summed E-state index contributed by atoms with van der Waals surface area (Å²) in [6.45, 7) is 0. The lowest BCUT2D eigenvalue weighted by Crippen LogP contribution is -2.49. The molecule has 0 bridgehead atoms. The van der Waals surface area contributed by atoms with Crippen LogP contribution in [0.25, 0.3) is 0 Å². The van der Waals surface area contributed by atoms with Crippen LogP contribution in [0.3, 0.4) is 0 Å². The van der Waals surface area contributed by atoms with Crippen LogP contribution in [0.4, 0.5) is 5.69 Å². The van der Waals surface area contributed by atoms with E-state index >= 15 is 0 Å². The second-order valence-corrected chi connectivity index (χ2v) is 9.14. The van der Waals surface area contributed by atoms with Crippen molar-refractivity contribution in [3.05, 3.63) is 62.1 Å². The van der Waals surface area contributed by atoms with E-state index in [1.807, 2.05) is 30.3 Å². The van der Waals surface area contributed by atoms with E-state index in [-0.39, 0.29) is 5.91 Å². The van der Waals surface area contributed by atoms with Crippen LogP contribution < -0.4 is 10.6 Å². The molecule has 0 aliphatic carbocycles. The molecule has 0 unspecified atom stereocenters. The molecule has 3 nitrogen and oxygen atoms in total. The van der Waals surface area contributed by atoms with Gasteiger partial charge in [-0.25, -0.2) is 0 Å². The number of rotatable bonds is 4. The van der Waals surface area contributed by atoms with Gasteiger partial charge in [-0.2, -0.15) is 0 Å². The van der Waals surface area contributed by atoms with E-state index in [9.17, 15) is 4.79 Å². The van der Waals surface area contributed by atoms with E-state index in [2.05, 4.69) is 49.2 Å². The lowest BCUT2D eigenvalue weighted by Gasteiger charge is -2.27. The first kappa shape index (κ1) is 19.1. The molecule has 2 N–H and O–H groups in total. The maximum atomic E-state index is 12.4. The van der Waals surface area contributed by atoms with Crippen molar-refractivity contribution in [3.8, 4) is 0 Å². The Bertz CT molecular complexity index is 692.